The summed E-state index contributed by atoms with van der Waals surface area (Å²) in [6, 6.07) is 11.6. The fourth-order valence-electron chi connectivity index (χ4n) is 2.67. The van der Waals surface area contributed by atoms with Crippen molar-refractivity contribution in [2.75, 3.05) is 28.1 Å². The lowest BCUT2D eigenvalue weighted by molar-refractivity contribution is 0.174. The highest BCUT2D eigenvalue weighted by Crippen LogP contribution is 2.32. The first-order valence-electron chi connectivity index (χ1n) is 8.19. The van der Waals surface area contributed by atoms with Crippen LogP contribution in [0.1, 0.15) is 11.1 Å². The van der Waals surface area contributed by atoms with E-state index in [1.807, 2.05) is 48.3 Å². The van der Waals surface area contributed by atoms with Crippen LogP contribution in [0.4, 0.5) is 0 Å². The Morgan fingerprint density at radius 2 is 1.92 bits per heavy atom. The molecule has 3 rings (SSSR count). The summed E-state index contributed by atoms with van der Waals surface area (Å²) in [6.45, 7) is 1.51. The van der Waals surface area contributed by atoms with E-state index >= 15 is 0 Å². The van der Waals surface area contributed by atoms with Crippen molar-refractivity contribution >= 4 is 17.3 Å². The van der Waals surface area contributed by atoms with Gasteiger partial charge in [0, 0.05) is 31.8 Å². The first kappa shape index (κ1) is 18.1. The summed E-state index contributed by atoms with van der Waals surface area (Å²) in [6.07, 6.45) is 0. The maximum Gasteiger partial charge on any atom is 0.231 e. The molecule has 26 heavy (non-hydrogen) atoms. The van der Waals surface area contributed by atoms with Crippen molar-refractivity contribution in [3.8, 4) is 23.0 Å². The number of methoxy groups -OCH3 is 2. The summed E-state index contributed by atoms with van der Waals surface area (Å²) in [7, 11) is 5.23. The zero-order chi connectivity index (χ0) is 18.5. The molecule has 0 fully saturated rings. The van der Waals surface area contributed by atoms with Crippen LogP contribution in [-0.4, -0.2) is 38.1 Å². The van der Waals surface area contributed by atoms with Crippen molar-refractivity contribution in [2.24, 2.45) is 0 Å². The molecular formula is C19H22N2O4S. The number of hydrogen-bond donors (Lipinski definition) is 1. The van der Waals surface area contributed by atoms with Crippen LogP contribution >= 0.6 is 12.2 Å². The first-order chi connectivity index (χ1) is 12.6. The lowest BCUT2D eigenvalue weighted by atomic mass is 10.2. The Balaban J connectivity index is 1.58. The molecule has 0 saturated heterocycles. The molecular weight excluding hydrogens is 352 g/mol. The summed E-state index contributed by atoms with van der Waals surface area (Å²) in [4.78, 5) is 1.96. The Bertz CT molecular complexity index is 797. The molecule has 0 bridgehead atoms. The first-order valence-corrected chi connectivity index (χ1v) is 8.60. The third kappa shape index (κ3) is 4.11. The van der Waals surface area contributed by atoms with Crippen LogP contribution in [0, 0.1) is 0 Å². The van der Waals surface area contributed by atoms with Gasteiger partial charge in [-0.05, 0) is 42.0 Å². The molecule has 0 spiro atoms. The minimum atomic E-state index is 0.275. The molecule has 2 aromatic rings. The predicted molar refractivity (Wildman–Crippen MR) is 103 cm³/mol. The van der Waals surface area contributed by atoms with Gasteiger partial charge >= 0.3 is 0 Å². The van der Waals surface area contributed by atoms with Crippen molar-refractivity contribution in [2.45, 2.75) is 13.1 Å². The molecule has 0 aromatic heterocycles. The average Bonchev–Trinajstić information content (AvgIpc) is 3.14. The minimum absolute atomic E-state index is 0.275. The van der Waals surface area contributed by atoms with Crippen LogP contribution in [0.15, 0.2) is 36.4 Å². The number of nitrogens with one attached hydrogen (secondary N) is 1. The third-order valence-corrected chi connectivity index (χ3v) is 4.59. The van der Waals surface area contributed by atoms with Gasteiger partial charge in [-0.25, -0.2) is 0 Å². The Morgan fingerprint density at radius 1 is 1.12 bits per heavy atom. The van der Waals surface area contributed by atoms with Crippen molar-refractivity contribution in [3.63, 3.8) is 0 Å². The van der Waals surface area contributed by atoms with Crippen molar-refractivity contribution in [1.82, 2.24) is 10.2 Å². The van der Waals surface area contributed by atoms with E-state index in [9.17, 15) is 0 Å². The van der Waals surface area contributed by atoms with Crippen LogP contribution in [0.2, 0.25) is 0 Å². The van der Waals surface area contributed by atoms with E-state index in [2.05, 4.69) is 5.32 Å². The number of rotatable bonds is 6. The lowest BCUT2D eigenvalue weighted by Crippen LogP contribution is -2.36. The summed E-state index contributed by atoms with van der Waals surface area (Å²) >= 11 is 5.50. The quantitative estimate of drug-likeness (QED) is 0.780. The van der Waals surface area contributed by atoms with Gasteiger partial charge in [-0.15, -0.1) is 0 Å². The number of thiocarbonyl (C=S) groups is 1. The Morgan fingerprint density at radius 3 is 2.69 bits per heavy atom. The maximum absolute atomic E-state index is 5.50. The van der Waals surface area contributed by atoms with Crippen LogP contribution in [0.25, 0.3) is 0 Å². The third-order valence-electron chi connectivity index (χ3n) is 4.13. The van der Waals surface area contributed by atoms with Crippen LogP contribution < -0.4 is 24.3 Å². The fraction of sp³-hybridized carbons (Fsp3) is 0.316. The van der Waals surface area contributed by atoms with Gasteiger partial charge in [-0.2, -0.15) is 0 Å². The van der Waals surface area contributed by atoms with E-state index in [0.29, 0.717) is 18.2 Å². The molecule has 6 nitrogen and oxygen atoms in total. The molecule has 2 aromatic carbocycles. The standard InChI is InChI=1S/C19H22N2O4S/c1-21(11-14-5-6-15(22-2)9-17(14)23-3)19(26)20-10-13-4-7-16-18(8-13)25-12-24-16/h4-9H,10-12H2,1-3H3,(H,20,26). The second-order valence-electron chi connectivity index (χ2n) is 5.88. The minimum Gasteiger partial charge on any atom is -0.497 e. The molecule has 0 unspecified atom stereocenters. The number of hydrogen-bond acceptors (Lipinski definition) is 5. The van der Waals surface area contributed by atoms with E-state index in [0.717, 1.165) is 34.1 Å². The smallest absolute Gasteiger partial charge is 0.231 e. The monoisotopic (exact) mass is 374 g/mol. The van der Waals surface area contributed by atoms with Gasteiger partial charge in [0.25, 0.3) is 0 Å². The average molecular weight is 374 g/mol. The number of fused-ring (bicyclic) bond motifs is 1. The second kappa shape index (κ2) is 8.14. The summed E-state index contributed by atoms with van der Waals surface area (Å²) < 4.78 is 21.4. The summed E-state index contributed by atoms with van der Waals surface area (Å²) in [5.41, 5.74) is 2.11. The van der Waals surface area contributed by atoms with Gasteiger partial charge < -0.3 is 29.2 Å². The Labute approximate surface area is 158 Å². The molecule has 1 N–H and O–H groups in total. The predicted octanol–water partition coefficient (Wildman–Crippen LogP) is 2.94. The van der Waals surface area contributed by atoms with Gasteiger partial charge in [0.2, 0.25) is 6.79 Å². The summed E-state index contributed by atoms with van der Waals surface area (Å²) in [5.74, 6) is 3.08. The van der Waals surface area contributed by atoms with E-state index in [1.54, 1.807) is 14.2 Å². The molecule has 1 aliphatic heterocycles. The molecule has 0 radical (unpaired) electrons. The molecule has 0 atom stereocenters. The highest BCUT2D eigenvalue weighted by molar-refractivity contribution is 7.80. The molecule has 7 heteroatoms. The number of benzene rings is 2. The van der Waals surface area contributed by atoms with Crippen LogP contribution in [-0.2, 0) is 13.1 Å². The van der Waals surface area contributed by atoms with Gasteiger partial charge in [0.1, 0.15) is 11.5 Å². The topological polar surface area (TPSA) is 52.2 Å². The van der Waals surface area contributed by atoms with Crippen molar-refractivity contribution in [1.29, 1.82) is 0 Å². The van der Waals surface area contributed by atoms with E-state index in [4.69, 9.17) is 31.2 Å². The van der Waals surface area contributed by atoms with Crippen LogP contribution in [0.5, 0.6) is 23.0 Å². The largest absolute Gasteiger partial charge is 0.497 e. The lowest BCUT2D eigenvalue weighted by Gasteiger charge is -2.22. The zero-order valence-corrected chi connectivity index (χ0v) is 15.9. The van der Waals surface area contributed by atoms with E-state index < -0.39 is 0 Å². The van der Waals surface area contributed by atoms with E-state index in [1.165, 1.54) is 0 Å². The molecule has 0 aliphatic carbocycles. The molecule has 1 aliphatic rings. The van der Waals surface area contributed by atoms with Gasteiger partial charge in [0.05, 0.1) is 14.2 Å². The number of nitrogens with zero attached hydrogens (tertiary/aromatic N) is 1. The fourth-order valence-corrected chi connectivity index (χ4v) is 2.81. The molecule has 138 valence electrons. The van der Waals surface area contributed by atoms with Gasteiger partial charge in [0.15, 0.2) is 16.6 Å². The Kier molecular flexibility index (Phi) is 5.68. The molecule has 0 saturated carbocycles. The number of ether oxygens (including phenoxy) is 4. The van der Waals surface area contributed by atoms with Crippen LogP contribution in [0.3, 0.4) is 0 Å². The highest BCUT2D eigenvalue weighted by Gasteiger charge is 2.14. The second-order valence-corrected chi connectivity index (χ2v) is 6.27. The highest BCUT2D eigenvalue weighted by atomic mass is 32.1. The SMILES string of the molecule is COc1ccc(CN(C)C(=S)NCc2ccc3c(c2)OCO3)c(OC)c1. The van der Waals surface area contributed by atoms with Gasteiger partial charge in [-0.3, -0.25) is 0 Å². The molecule has 0 amide bonds. The van der Waals surface area contributed by atoms with E-state index in [-0.39, 0.29) is 6.79 Å². The van der Waals surface area contributed by atoms with Crippen molar-refractivity contribution < 1.29 is 18.9 Å². The zero-order valence-electron chi connectivity index (χ0n) is 15.1. The Hall–Kier alpha value is -2.67. The van der Waals surface area contributed by atoms with Gasteiger partial charge in [-0.1, -0.05) is 6.07 Å². The maximum atomic E-state index is 5.50. The summed E-state index contributed by atoms with van der Waals surface area (Å²) in [5, 5.41) is 3.92. The normalized spacial score (nSPS) is 11.8. The molecule has 1 heterocycles. The van der Waals surface area contributed by atoms with Crippen molar-refractivity contribution in [3.05, 3.63) is 47.5 Å².